The van der Waals surface area contributed by atoms with E-state index in [2.05, 4.69) is 5.48 Å². The summed E-state index contributed by atoms with van der Waals surface area (Å²) in [5, 5.41) is 45.8. The van der Waals surface area contributed by atoms with E-state index in [1.54, 1.807) is 54.6 Å². The second kappa shape index (κ2) is 23.9. The highest BCUT2D eigenvalue weighted by Crippen LogP contribution is 2.26. The molecule has 2 unspecified atom stereocenters. The summed E-state index contributed by atoms with van der Waals surface area (Å²) in [5.74, 6) is -6.55. The van der Waals surface area contributed by atoms with Crippen molar-refractivity contribution in [2.75, 3.05) is 0 Å². The monoisotopic (exact) mass is 822 g/mol. The van der Waals surface area contributed by atoms with Crippen LogP contribution in [0.1, 0.15) is 63.1 Å². The lowest BCUT2D eigenvalue weighted by Crippen LogP contribution is -2.25. The average molecular weight is 823 g/mol. The van der Waals surface area contributed by atoms with E-state index in [-0.39, 0.29) is 67.6 Å². The van der Waals surface area contributed by atoms with Crippen molar-refractivity contribution in [1.29, 1.82) is 0 Å². The molecule has 0 aliphatic carbocycles. The Kier molecular flexibility index (Phi) is 18.8. The summed E-state index contributed by atoms with van der Waals surface area (Å²) in [5.41, 5.74) is 9.70. The maximum Gasteiger partial charge on any atom is 0.335 e. The Hall–Kier alpha value is -7.20. The maximum atomic E-state index is 12.1. The highest BCUT2D eigenvalue weighted by atomic mass is 16.6. The first-order valence-electron chi connectivity index (χ1n) is 18.5. The van der Waals surface area contributed by atoms with Gasteiger partial charge in [-0.2, -0.15) is 0 Å². The number of carbonyl (C=O) groups excluding carboxylic acids is 2. The van der Waals surface area contributed by atoms with Gasteiger partial charge in [-0.1, -0.05) is 103 Å². The second-order valence-electron chi connectivity index (χ2n) is 13.6. The van der Waals surface area contributed by atoms with Crippen LogP contribution in [-0.4, -0.2) is 66.8 Å². The van der Waals surface area contributed by atoms with Crippen molar-refractivity contribution in [3.05, 3.63) is 155 Å². The number of benzene rings is 5. The van der Waals surface area contributed by atoms with Gasteiger partial charge in [-0.3, -0.25) is 29.2 Å². The molecule has 314 valence electrons. The van der Waals surface area contributed by atoms with Crippen molar-refractivity contribution < 1.29 is 64.7 Å². The fraction of sp³-hybridized carbons (Fsp3) is 0.200. The molecule has 0 aromatic heterocycles. The fourth-order valence-corrected chi connectivity index (χ4v) is 6.11. The van der Waals surface area contributed by atoms with Crippen molar-refractivity contribution in [1.82, 2.24) is 11.0 Å². The Bertz CT molecular complexity index is 2240. The Morgan fingerprint density at radius 1 is 0.500 bits per heavy atom. The zero-order valence-electron chi connectivity index (χ0n) is 32.3. The van der Waals surface area contributed by atoms with Crippen molar-refractivity contribution in [3.8, 4) is 22.3 Å². The Morgan fingerprint density at radius 3 is 1.32 bits per heavy atom. The lowest BCUT2D eigenvalue weighted by molar-refractivity contribution is -0.143. The van der Waals surface area contributed by atoms with Crippen LogP contribution < -0.4 is 11.0 Å². The maximum absolute atomic E-state index is 12.1. The fourth-order valence-electron chi connectivity index (χ4n) is 6.11. The van der Waals surface area contributed by atoms with E-state index in [1.807, 2.05) is 60.7 Å². The molecule has 5 aromatic rings. The van der Waals surface area contributed by atoms with Gasteiger partial charge in [0.15, 0.2) is 0 Å². The predicted molar refractivity (Wildman–Crippen MR) is 219 cm³/mol. The van der Waals surface area contributed by atoms with Crippen molar-refractivity contribution in [3.63, 3.8) is 0 Å². The number of aromatic carboxylic acids is 2. The molecule has 0 radical (unpaired) electrons. The summed E-state index contributed by atoms with van der Waals surface area (Å²) < 4.78 is 0. The molecule has 0 heterocycles. The molecular weight excluding hydrogens is 776 g/mol. The number of carbonyl (C=O) groups is 6. The number of carboxylic acid groups (broad SMARTS) is 4. The smallest absolute Gasteiger partial charge is 0.335 e. The van der Waals surface area contributed by atoms with Crippen molar-refractivity contribution in [2.45, 2.75) is 45.1 Å². The number of aliphatic carboxylic acids is 2. The van der Waals surface area contributed by atoms with Crippen LogP contribution in [0, 0.1) is 11.8 Å². The van der Waals surface area contributed by atoms with Gasteiger partial charge in [0.25, 0.3) is 0 Å². The molecule has 0 spiro atoms. The van der Waals surface area contributed by atoms with E-state index in [4.69, 9.17) is 15.2 Å². The summed E-state index contributed by atoms with van der Waals surface area (Å²) in [4.78, 5) is 73.9. The molecule has 0 fully saturated rings. The van der Waals surface area contributed by atoms with Gasteiger partial charge in [0.2, 0.25) is 11.8 Å². The molecule has 0 aliphatic rings. The first-order valence-corrected chi connectivity index (χ1v) is 18.5. The molecule has 9 N–H and O–H groups in total. The third-order valence-electron chi connectivity index (χ3n) is 9.23. The number of amides is 2. The number of rotatable bonds is 19. The molecule has 2 amide bonds. The van der Waals surface area contributed by atoms with Crippen LogP contribution >= 0.6 is 0 Å². The number of hydrogen-bond donors (Lipinski definition) is 7. The summed E-state index contributed by atoms with van der Waals surface area (Å²) in [6.07, 6.45) is 0.662. The standard InChI is InChI=1S/C26H25NO6.C19H19NO6.H2O/c28-24(27-33-17-18-6-2-1-3-7-18)13-12-23(26(31)32)15-19-8-4-9-20(14-19)21-10-5-11-22(16-21)25(29)30;21-17(20-26)8-7-16(19(24)25)10-12-3-1-4-13(9-12)14-5-2-6-15(11-14)18(22)23;/h1-11,14,16,23H,12-13,15,17H2,(H,27,28)(H,29,30)(H,31,32);1-6,9,11,16,26H,7-8,10H2,(H,20,21)(H,22,23)(H,24,25);1H2. The van der Waals surface area contributed by atoms with Crippen LogP contribution in [-0.2, 0) is 43.5 Å². The summed E-state index contributed by atoms with van der Waals surface area (Å²) in [6.45, 7) is 0.227. The quantitative estimate of drug-likeness (QED) is 0.0369. The minimum Gasteiger partial charge on any atom is -0.481 e. The van der Waals surface area contributed by atoms with E-state index in [0.717, 1.165) is 38.9 Å². The molecule has 15 nitrogen and oxygen atoms in total. The molecule has 5 aromatic carbocycles. The molecule has 0 saturated carbocycles. The summed E-state index contributed by atoms with van der Waals surface area (Å²) in [7, 11) is 0. The Morgan fingerprint density at radius 2 is 0.900 bits per heavy atom. The summed E-state index contributed by atoms with van der Waals surface area (Å²) in [6, 6.07) is 37.0. The molecule has 0 bridgehead atoms. The molecule has 5 rings (SSSR count). The van der Waals surface area contributed by atoms with E-state index in [1.165, 1.54) is 17.6 Å². The van der Waals surface area contributed by atoms with Crippen molar-refractivity contribution in [2.24, 2.45) is 11.8 Å². The SMILES string of the molecule is O.O=C(CCC(Cc1cccc(-c2cccc(C(=O)O)c2)c1)C(=O)O)NO.O=C(CCC(Cc1cccc(-c2cccc(C(=O)O)c2)c1)C(=O)O)NOCc1ccccc1. The van der Waals surface area contributed by atoms with Gasteiger partial charge in [0, 0.05) is 12.8 Å². The van der Waals surface area contributed by atoms with Gasteiger partial charge in [-0.15, -0.1) is 0 Å². The first kappa shape index (κ1) is 47.2. The van der Waals surface area contributed by atoms with Crippen molar-refractivity contribution >= 4 is 35.7 Å². The number of hydrogen-bond acceptors (Lipinski definition) is 8. The molecule has 0 saturated heterocycles. The average Bonchev–Trinajstić information content (AvgIpc) is 3.24. The van der Waals surface area contributed by atoms with Crippen LogP contribution in [0.5, 0.6) is 0 Å². The second-order valence-corrected chi connectivity index (χ2v) is 13.6. The number of hydroxylamine groups is 2. The van der Waals surface area contributed by atoms with Crippen LogP contribution in [0.25, 0.3) is 22.3 Å². The predicted octanol–water partition coefficient (Wildman–Crippen LogP) is 6.08. The zero-order valence-corrected chi connectivity index (χ0v) is 32.3. The zero-order chi connectivity index (χ0) is 42.7. The Labute approximate surface area is 345 Å². The molecule has 0 aliphatic heterocycles. The van der Waals surface area contributed by atoms with E-state index in [9.17, 15) is 44.1 Å². The highest BCUT2D eigenvalue weighted by Gasteiger charge is 2.21. The van der Waals surface area contributed by atoms with E-state index < -0.39 is 41.6 Å². The van der Waals surface area contributed by atoms with Gasteiger partial charge < -0.3 is 25.9 Å². The molecule has 15 heteroatoms. The molecular formula is C45H46N2O13. The van der Waals surface area contributed by atoms with Gasteiger partial charge in [-0.25, -0.2) is 20.5 Å². The van der Waals surface area contributed by atoms with Crippen LogP contribution in [0.15, 0.2) is 127 Å². The van der Waals surface area contributed by atoms with Crippen LogP contribution in [0.3, 0.4) is 0 Å². The molecule has 60 heavy (non-hydrogen) atoms. The van der Waals surface area contributed by atoms with Crippen LogP contribution in [0.4, 0.5) is 0 Å². The first-order chi connectivity index (χ1) is 28.3. The van der Waals surface area contributed by atoms with Gasteiger partial charge in [0.05, 0.1) is 29.6 Å². The lowest BCUT2D eigenvalue weighted by atomic mass is 9.92. The largest absolute Gasteiger partial charge is 0.481 e. The van der Waals surface area contributed by atoms with E-state index in [0.29, 0.717) is 0 Å². The normalized spacial score (nSPS) is 11.3. The topological polar surface area (TPSA) is 268 Å². The molecule has 2 atom stereocenters. The number of carboxylic acids is 4. The lowest BCUT2D eigenvalue weighted by Gasteiger charge is -2.13. The van der Waals surface area contributed by atoms with Gasteiger partial charge in [0.1, 0.15) is 0 Å². The highest BCUT2D eigenvalue weighted by molar-refractivity contribution is 5.90. The minimum absolute atomic E-state index is 0. The Balaban J connectivity index is 0.000000324. The van der Waals surface area contributed by atoms with Gasteiger partial charge >= 0.3 is 23.9 Å². The third-order valence-corrected chi connectivity index (χ3v) is 9.23. The minimum atomic E-state index is -1.02. The van der Waals surface area contributed by atoms with Gasteiger partial charge in [-0.05, 0) is 88.9 Å². The summed E-state index contributed by atoms with van der Waals surface area (Å²) >= 11 is 0. The third kappa shape index (κ3) is 15.3. The number of nitrogens with one attached hydrogen (secondary N) is 2. The van der Waals surface area contributed by atoms with E-state index >= 15 is 0 Å². The van der Waals surface area contributed by atoms with Crippen LogP contribution in [0.2, 0.25) is 0 Å².